The van der Waals surface area contributed by atoms with Crippen LogP contribution in [0, 0.1) is 0 Å². The molecule has 0 unspecified atom stereocenters. The van der Waals surface area contributed by atoms with Gasteiger partial charge in [0.1, 0.15) is 5.52 Å². The molecule has 29 heavy (non-hydrogen) atoms. The molecule has 0 aliphatic carbocycles. The number of hydrogen-bond donors (Lipinski definition) is 2. The van der Waals surface area contributed by atoms with Crippen molar-refractivity contribution in [3.05, 3.63) is 54.4 Å². The number of nitrogens with one attached hydrogen (secondary N) is 2. The summed E-state index contributed by atoms with van der Waals surface area (Å²) in [7, 11) is 0. The maximum absolute atomic E-state index is 12.7. The highest BCUT2D eigenvalue weighted by atomic mass is 16.7. The Labute approximate surface area is 170 Å². The summed E-state index contributed by atoms with van der Waals surface area (Å²) in [5, 5.41) is 5.01. The van der Waals surface area contributed by atoms with Gasteiger partial charge in [0, 0.05) is 37.6 Å². The fraction of sp³-hybridized carbons (Fsp3) is 0.364. The van der Waals surface area contributed by atoms with E-state index in [1.54, 1.807) is 12.4 Å². The lowest BCUT2D eigenvalue weighted by Gasteiger charge is -2.38. The van der Waals surface area contributed by atoms with Crippen molar-refractivity contribution in [2.45, 2.75) is 26.4 Å². The van der Waals surface area contributed by atoms with E-state index in [1.165, 1.54) is 0 Å². The number of carbonyl (C=O) groups excluding carboxylic acids is 1. The highest BCUT2D eigenvalue weighted by Crippen LogP contribution is 2.22. The Morgan fingerprint density at radius 2 is 1.79 bits per heavy atom. The highest BCUT2D eigenvalue weighted by Gasteiger charge is 2.22. The van der Waals surface area contributed by atoms with Gasteiger partial charge in [0.2, 0.25) is 0 Å². The van der Waals surface area contributed by atoms with Crippen molar-refractivity contribution in [3.63, 3.8) is 0 Å². The van der Waals surface area contributed by atoms with Crippen LogP contribution >= 0.6 is 0 Å². The van der Waals surface area contributed by atoms with Gasteiger partial charge < -0.3 is 15.2 Å². The van der Waals surface area contributed by atoms with Crippen LogP contribution in [0.5, 0.6) is 0 Å². The van der Waals surface area contributed by atoms with Gasteiger partial charge in [-0.25, -0.2) is 4.98 Å². The van der Waals surface area contributed by atoms with Crippen LogP contribution in [0.4, 0.5) is 11.4 Å². The SMILES string of the molecule is CC(C)(C)ON1CCN(c2ccc(NC(=O)c3cccc4[nH]cnc34)cc2)CC1. The van der Waals surface area contributed by atoms with E-state index in [1.807, 2.05) is 41.5 Å². The van der Waals surface area contributed by atoms with Gasteiger partial charge in [-0.2, -0.15) is 5.06 Å². The number of benzene rings is 2. The lowest BCUT2D eigenvalue weighted by Crippen LogP contribution is -2.48. The second-order valence-corrected chi connectivity index (χ2v) is 8.23. The van der Waals surface area contributed by atoms with Crippen LogP contribution in [0.15, 0.2) is 48.8 Å². The molecule has 7 heteroatoms. The normalized spacial score (nSPS) is 15.6. The maximum atomic E-state index is 12.7. The molecule has 1 aliphatic rings. The number of aromatic nitrogens is 2. The van der Waals surface area contributed by atoms with Crippen LogP contribution in [0.1, 0.15) is 31.1 Å². The summed E-state index contributed by atoms with van der Waals surface area (Å²) < 4.78 is 0. The number of fused-ring (bicyclic) bond motifs is 1. The van der Waals surface area contributed by atoms with E-state index in [4.69, 9.17) is 4.84 Å². The van der Waals surface area contributed by atoms with Gasteiger partial charge in [-0.15, -0.1) is 0 Å². The molecule has 7 nitrogen and oxygen atoms in total. The summed E-state index contributed by atoms with van der Waals surface area (Å²) in [6.45, 7) is 9.75. The fourth-order valence-corrected chi connectivity index (χ4v) is 3.53. The number of piperazine rings is 1. The number of H-pyrrole nitrogens is 1. The molecule has 4 rings (SSSR count). The summed E-state index contributed by atoms with van der Waals surface area (Å²) in [4.78, 5) is 28.2. The number of rotatable bonds is 4. The first-order chi connectivity index (χ1) is 13.9. The number of imidazole rings is 1. The van der Waals surface area contributed by atoms with Crippen molar-refractivity contribution >= 4 is 28.3 Å². The zero-order valence-electron chi connectivity index (χ0n) is 17.1. The van der Waals surface area contributed by atoms with Crippen LogP contribution < -0.4 is 10.2 Å². The summed E-state index contributed by atoms with van der Waals surface area (Å²) in [6, 6.07) is 13.5. The minimum Gasteiger partial charge on any atom is -0.369 e. The predicted octanol–water partition coefficient (Wildman–Crippen LogP) is 3.67. The molecule has 0 atom stereocenters. The number of anilines is 2. The molecule has 152 valence electrons. The summed E-state index contributed by atoms with van der Waals surface area (Å²) >= 11 is 0. The first-order valence-electron chi connectivity index (χ1n) is 9.92. The standard InChI is InChI=1S/C22H27N5O2/c1-22(2,3)29-27-13-11-26(12-14-27)17-9-7-16(8-10-17)25-21(28)18-5-4-6-19-20(18)24-15-23-19/h4-10,15H,11-14H2,1-3H3,(H,23,24)(H,25,28). The molecular weight excluding hydrogens is 366 g/mol. The monoisotopic (exact) mass is 393 g/mol. The molecule has 1 aliphatic heterocycles. The average Bonchev–Trinajstić information content (AvgIpc) is 3.17. The Morgan fingerprint density at radius 3 is 2.48 bits per heavy atom. The molecule has 1 saturated heterocycles. The van der Waals surface area contributed by atoms with Crippen molar-refractivity contribution < 1.29 is 9.63 Å². The van der Waals surface area contributed by atoms with Crippen molar-refractivity contribution in [1.82, 2.24) is 15.0 Å². The number of amides is 1. The third kappa shape index (κ3) is 4.58. The second-order valence-electron chi connectivity index (χ2n) is 8.23. The number of hydrogen-bond acceptors (Lipinski definition) is 5. The maximum Gasteiger partial charge on any atom is 0.257 e. The smallest absolute Gasteiger partial charge is 0.257 e. The van der Waals surface area contributed by atoms with Crippen molar-refractivity contribution in [3.8, 4) is 0 Å². The molecule has 2 N–H and O–H groups in total. The summed E-state index contributed by atoms with van der Waals surface area (Å²) in [5.41, 5.74) is 3.83. The zero-order chi connectivity index (χ0) is 20.4. The van der Waals surface area contributed by atoms with E-state index in [0.717, 1.165) is 43.1 Å². The first-order valence-corrected chi connectivity index (χ1v) is 9.92. The Bertz CT molecular complexity index is 982. The molecule has 0 bridgehead atoms. The largest absolute Gasteiger partial charge is 0.369 e. The molecule has 1 amide bonds. The molecule has 1 aromatic heterocycles. The minimum absolute atomic E-state index is 0.164. The van der Waals surface area contributed by atoms with Crippen molar-refractivity contribution in [2.24, 2.45) is 0 Å². The van der Waals surface area contributed by atoms with Gasteiger partial charge in [-0.1, -0.05) is 6.07 Å². The Morgan fingerprint density at radius 1 is 1.07 bits per heavy atom. The molecular formula is C22H27N5O2. The van der Waals surface area contributed by atoms with Crippen LogP contribution in [-0.4, -0.2) is 52.7 Å². The molecule has 2 heterocycles. The summed E-state index contributed by atoms with van der Waals surface area (Å²) in [5.74, 6) is -0.164. The van der Waals surface area contributed by atoms with E-state index < -0.39 is 0 Å². The number of aromatic amines is 1. The zero-order valence-corrected chi connectivity index (χ0v) is 17.1. The van der Waals surface area contributed by atoms with Crippen LogP contribution in [0.2, 0.25) is 0 Å². The highest BCUT2D eigenvalue weighted by molar-refractivity contribution is 6.11. The Hall–Kier alpha value is -2.90. The van der Waals surface area contributed by atoms with E-state index in [9.17, 15) is 4.79 Å². The lowest BCUT2D eigenvalue weighted by atomic mass is 10.1. The first kappa shape index (κ1) is 19.4. The van der Waals surface area contributed by atoms with Crippen LogP contribution in [0.3, 0.4) is 0 Å². The van der Waals surface area contributed by atoms with Crippen LogP contribution in [0.25, 0.3) is 11.0 Å². The van der Waals surface area contributed by atoms with Gasteiger partial charge in [0.05, 0.1) is 23.0 Å². The minimum atomic E-state index is -0.164. The summed E-state index contributed by atoms with van der Waals surface area (Å²) in [6.07, 6.45) is 1.60. The van der Waals surface area contributed by atoms with E-state index in [2.05, 4.69) is 41.0 Å². The van der Waals surface area contributed by atoms with Crippen LogP contribution in [-0.2, 0) is 4.84 Å². The topological polar surface area (TPSA) is 73.5 Å². The van der Waals surface area contributed by atoms with Gasteiger partial charge in [0.15, 0.2) is 0 Å². The molecule has 2 aromatic carbocycles. The van der Waals surface area contributed by atoms with Crippen molar-refractivity contribution in [1.29, 1.82) is 0 Å². The average molecular weight is 393 g/mol. The lowest BCUT2D eigenvalue weighted by molar-refractivity contribution is -0.230. The van der Waals surface area contributed by atoms with E-state index in [0.29, 0.717) is 11.1 Å². The number of carbonyl (C=O) groups is 1. The second kappa shape index (κ2) is 7.85. The number of hydroxylamine groups is 2. The third-order valence-corrected chi connectivity index (χ3v) is 4.83. The van der Waals surface area contributed by atoms with Gasteiger partial charge in [-0.05, 0) is 57.2 Å². The number of para-hydroxylation sites is 1. The molecule has 1 fully saturated rings. The van der Waals surface area contributed by atoms with E-state index >= 15 is 0 Å². The molecule has 0 radical (unpaired) electrons. The Kier molecular flexibility index (Phi) is 5.25. The fourth-order valence-electron chi connectivity index (χ4n) is 3.53. The van der Waals surface area contributed by atoms with Gasteiger partial charge >= 0.3 is 0 Å². The molecule has 0 spiro atoms. The molecule has 3 aromatic rings. The number of nitrogens with zero attached hydrogens (tertiary/aromatic N) is 3. The quantitative estimate of drug-likeness (QED) is 0.708. The molecule has 0 saturated carbocycles. The predicted molar refractivity (Wildman–Crippen MR) is 115 cm³/mol. The van der Waals surface area contributed by atoms with Gasteiger partial charge in [0.25, 0.3) is 5.91 Å². The van der Waals surface area contributed by atoms with Gasteiger partial charge in [-0.3, -0.25) is 9.63 Å². The Balaban J connectivity index is 1.37. The van der Waals surface area contributed by atoms with Crippen molar-refractivity contribution in [2.75, 3.05) is 36.4 Å². The van der Waals surface area contributed by atoms with E-state index in [-0.39, 0.29) is 11.5 Å². The third-order valence-electron chi connectivity index (χ3n) is 4.83.